The second kappa shape index (κ2) is 5.04. The number of aliphatic hydroxyl groups is 1. The number of hydrogen-bond donors (Lipinski definition) is 1. The standard InChI is InChI=1S/C10H15NO4/c1-7(6-15-8(2)5-12)11-9(13)3-4-10(11)14/h3-4,7-8,12H,5-6H2,1-2H3. The summed E-state index contributed by atoms with van der Waals surface area (Å²) in [5, 5.41) is 8.73. The number of nitrogens with zero attached hydrogens (tertiary/aromatic N) is 1. The van der Waals surface area contributed by atoms with Crippen LogP contribution in [0, 0.1) is 0 Å². The second-order valence-electron chi connectivity index (χ2n) is 3.56. The van der Waals surface area contributed by atoms with Crippen molar-refractivity contribution in [3.63, 3.8) is 0 Å². The molecule has 1 aliphatic heterocycles. The van der Waals surface area contributed by atoms with Crippen LogP contribution in [0.5, 0.6) is 0 Å². The van der Waals surface area contributed by atoms with E-state index in [4.69, 9.17) is 9.84 Å². The number of carbonyl (C=O) groups excluding carboxylic acids is 2. The monoisotopic (exact) mass is 213 g/mol. The van der Waals surface area contributed by atoms with Gasteiger partial charge in [0.05, 0.1) is 25.4 Å². The van der Waals surface area contributed by atoms with E-state index in [9.17, 15) is 9.59 Å². The van der Waals surface area contributed by atoms with Crippen LogP contribution in [0.3, 0.4) is 0 Å². The Bertz CT molecular complexity index is 269. The number of amides is 2. The molecular weight excluding hydrogens is 198 g/mol. The normalized spacial score (nSPS) is 19.8. The van der Waals surface area contributed by atoms with Gasteiger partial charge in [-0.1, -0.05) is 0 Å². The first-order valence-electron chi connectivity index (χ1n) is 4.84. The van der Waals surface area contributed by atoms with E-state index in [0.29, 0.717) is 0 Å². The second-order valence-corrected chi connectivity index (χ2v) is 3.56. The maximum absolute atomic E-state index is 11.3. The Balaban J connectivity index is 2.44. The number of imide groups is 1. The Kier molecular flexibility index (Phi) is 3.99. The van der Waals surface area contributed by atoms with Crippen LogP contribution in [-0.4, -0.2) is 47.2 Å². The Morgan fingerprint density at radius 3 is 2.33 bits per heavy atom. The quantitative estimate of drug-likeness (QED) is 0.636. The molecule has 0 fully saturated rings. The number of rotatable bonds is 5. The van der Waals surface area contributed by atoms with E-state index < -0.39 is 0 Å². The Morgan fingerprint density at radius 2 is 1.87 bits per heavy atom. The minimum atomic E-state index is -0.312. The van der Waals surface area contributed by atoms with Gasteiger partial charge in [0.1, 0.15) is 0 Å². The van der Waals surface area contributed by atoms with E-state index in [0.717, 1.165) is 4.90 Å². The molecule has 5 heteroatoms. The molecule has 2 amide bonds. The first-order valence-corrected chi connectivity index (χ1v) is 4.84. The molecule has 0 saturated heterocycles. The zero-order valence-electron chi connectivity index (χ0n) is 8.84. The average Bonchev–Trinajstić information content (AvgIpc) is 2.54. The number of hydrogen-bond acceptors (Lipinski definition) is 4. The van der Waals surface area contributed by atoms with Crippen molar-refractivity contribution in [2.75, 3.05) is 13.2 Å². The molecule has 0 radical (unpaired) electrons. The summed E-state index contributed by atoms with van der Waals surface area (Å²) >= 11 is 0. The van der Waals surface area contributed by atoms with Gasteiger partial charge in [0.2, 0.25) is 0 Å². The van der Waals surface area contributed by atoms with Gasteiger partial charge in [-0.15, -0.1) is 0 Å². The SMILES string of the molecule is CC(CO)OCC(C)N1C(=O)C=CC1=O. The Labute approximate surface area is 88.3 Å². The van der Waals surface area contributed by atoms with Crippen LogP contribution < -0.4 is 0 Å². The van der Waals surface area contributed by atoms with E-state index in [1.54, 1.807) is 13.8 Å². The van der Waals surface area contributed by atoms with Crippen molar-refractivity contribution in [2.45, 2.75) is 26.0 Å². The molecular formula is C10H15NO4. The topological polar surface area (TPSA) is 66.8 Å². The van der Waals surface area contributed by atoms with Crippen molar-refractivity contribution in [3.8, 4) is 0 Å². The van der Waals surface area contributed by atoms with E-state index in [2.05, 4.69) is 0 Å². The van der Waals surface area contributed by atoms with Crippen LogP contribution in [0.25, 0.3) is 0 Å². The molecule has 84 valence electrons. The van der Waals surface area contributed by atoms with Crippen molar-refractivity contribution < 1.29 is 19.4 Å². The van der Waals surface area contributed by atoms with Gasteiger partial charge >= 0.3 is 0 Å². The summed E-state index contributed by atoms with van der Waals surface area (Å²) in [7, 11) is 0. The minimum Gasteiger partial charge on any atom is -0.394 e. The van der Waals surface area contributed by atoms with Crippen LogP contribution in [0.15, 0.2) is 12.2 Å². The third-order valence-corrected chi connectivity index (χ3v) is 2.16. The molecule has 0 saturated carbocycles. The van der Waals surface area contributed by atoms with Gasteiger partial charge in [0, 0.05) is 12.2 Å². The highest BCUT2D eigenvalue weighted by molar-refractivity contribution is 6.13. The lowest BCUT2D eigenvalue weighted by molar-refractivity contribution is -0.141. The molecule has 5 nitrogen and oxygen atoms in total. The summed E-state index contributed by atoms with van der Waals surface area (Å²) in [4.78, 5) is 23.7. The van der Waals surface area contributed by atoms with Crippen LogP contribution in [0.2, 0.25) is 0 Å². The lowest BCUT2D eigenvalue weighted by atomic mass is 10.3. The summed E-state index contributed by atoms with van der Waals surface area (Å²) in [5.41, 5.74) is 0. The average molecular weight is 213 g/mol. The highest BCUT2D eigenvalue weighted by Gasteiger charge is 2.28. The van der Waals surface area contributed by atoms with E-state index >= 15 is 0 Å². The predicted molar refractivity (Wildman–Crippen MR) is 53.0 cm³/mol. The lowest BCUT2D eigenvalue weighted by Gasteiger charge is -2.23. The van der Waals surface area contributed by atoms with Gasteiger partial charge in [-0.05, 0) is 13.8 Å². The molecule has 1 rings (SSSR count). The predicted octanol–water partition coefficient (Wildman–Crippen LogP) is -0.303. The van der Waals surface area contributed by atoms with Crippen molar-refractivity contribution >= 4 is 11.8 Å². The fourth-order valence-corrected chi connectivity index (χ4v) is 1.28. The van der Waals surface area contributed by atoms with Gasteiger partial charge in [0.15, 0.2) is 0 Å². The zero-order chi connectivity index (χ0) is 11.4. The first-order chi connectivity index (χ1) is 7.06. The van der Waals surface area contributed by atoms with E-state index in [-0.39, 0.29) is 37.2 Å². The molecule has 1 N–H and O–H groups in total. The van der Waals surface area contributed by atoms with E-state index in [1.165, 1.54) is 12.2 Å². The summed E-state index contributed by atoms with van der Waals surface area (Å²) in [6.07, 6.45) is 2.20. The smallest absolute Gasteiger partial charge is 0.253 e. The molecule has 0 aromatic heterocycles. The van der Waals surface area contributed by atoms with Gasteiger partial charge in [-0.3, -0.25) is 14.5 Å². The van der Waals surface area contributed by atoms with E-state index in [1.807, 2.05) is 0 Å². The molecule has 2 atom stereocenters. The molecule has 1 heterocycles. The number of carbonyl (C=O) groups is 2. The third-order valence-electron chi connectivity index (χ3n) is 2.16. The minimum absolute atomic E-state index is 0.0765. The Hall–Kier alpha value is -1.20. The zero-order valence-corrected chi connectivity index (χ0v) is 8.84. The van der Waals surface area contributed by atoms with Crippen LogP contribution >= 0.6 is 0 Å². The molecule has 0 aromatic rings. The van der Waals surface area contributed by atoms with Gasteiger partial charge in [-0.2, -0.15) is 0 Å². The fourth-order valence-electron chi connectivity index (χ4n) is 1.28. The van der Waals surface area contributed by atoms with Crippen LogP contribution in [0.1, 0.15) is 13.8 Å². The highest BCUT2D eigenvalue weighted by atomic mass is 16.5. The maximum Gasteiger partial charge on any atom is 0.253 e. The Morgan fingerprint density at radius 1 is 1.33 bits per heavy atom. The van der Waals surface area contributed by atoms with Gasteiger partial charge < -0.3 is 9.84 Å². The van der Waals surface area contributed by atoms with Gasteiger partial charge in [-0.25, -0.2) is 0 Å². The highest BCUT2D eigenvalue weighted by Crippen LogP contribution is 2.09. The fraction of sp³-hybridized carbons (Fsp3) is 0.600. The summed E-state index contributed by atoms with van der Waals surface area (Å²) in [6.45, 7) is 3.61. The van der Waals surface area contributed by atoms with Crippen molar-refractivity contribution in [1.82, 2.24) is 4.90 Å². The molecule has 0 aliphatic carbocycles. The van der Waals surface area contributed by atoms with Crippen LogP contribution in [0.4, 0.5) is 0 Å². The lowest BCUT2D eigenvalue weighted by Crippen LogP contribution is -2.41. The molecule has 2 unspecified atom stereocenters. The van der Waals surface area contributed by atoms with Gasteiger partial charge in [0.25, 0.3) is 11.8 Å². The third kappa shape index (κ3) is 2.87. The summed E-state index contributed by atoms with van der Waals surface area (Å²) < 4.78 is 5.24. The summed E-state index contributed by atoms with van der Waals surface area (Å²) in [5.74, 6) is -0.625. The molecule has 0 aromatic carbocycles. The van der Waals surface area contributed by atoms with Crippen molar-refractivity contribution in [1.29, 1.82) is 0 Å². The van der Waals surface area contributed by atoms with Crippen LogP contribution in [-0.2, 0) is 14.3 Å². The first kappa shape index (κ1) is 11.9. The van der Waals surface area contributed by atoms with Crippen molar-refractivity contribution in [3.05, 3.63) is 12.2 Å². The molecule has 1 aliphatic rings. The largest absolute Gasteiger partial charge is 0.394 e. The molecule has 0 bridgehead atoms. The molecule has 15 heavy (non-hydrogen) atoms. The van der Waals surface area contributed by atoms with Crippen molar-refractivity contribution in [2.24, 2.45) is 0 Å². The maximum atomic E-state index is 11.3. The number of aliphatic hydroxyl groups excluding tert-OH is 1. The molecule has 0 spiro atoms. The summed E-state index contributed by atoms with van der Waals surface area (Å²) in [6, 6.07) is -0.311. The number of ether oxygens (including phenoxy) is 1.